The molecule has 21 heavy (non-hydrogen) atoms. The highest BCUT2D eigenvalue weighted by atomic mass is 16.5. The van der Waals surface area contributed by atoms with Crippen LogP contribution in [0.1, 0.15) is 5.56 Å². The van der Waals surface area contributed by atoms with Crippen LogP contribution < -0.4 is 4.74 Å². The van der Waals surface area contributed by atoms with Gasteiger partial charge in [0.1, 0.15) is 11.5 Å². The molecular formula is C16H15N3O2. The Balaban J connectivity index is 1.58. The van der Waals surface area contributed by atoms with Crippen molar-refractivity contribution in [2.75, 3.05) is 6.61 Å². The van der Waals surface area contributed by atoms with Gasteiger partial charge in [-0.2, -0.15) is 5.10 Å². The first-order valence-electron chi connectivity index (χ1n) is 6.68. The molecule has 0 bridgehead atoms. The summed E-state index contributed by atoms with van der Waals surface area (Å²) in [5.41, 5.74) is 2.57. The lowest BCUT2D eigenvalue weighted by molar-refractivity contribution is 0.318. The normalized spacial score (nSPS) is 10.5. The molecule has 0 aliphatic rings. The van der Waals surface area contributed by atoms with E-state index in [2.05, 4.69) is 15.2 Å². The van der Waals surface area contributed by atoms with Crippen molar-refractivity contribution >= 4 is 0 Å². The average Bonchev–Trinajstić information content (AvgIpc) is 3.04. The van der Waals surface area contributed by atoms with Gasteiger partial charge in [-0.15, -0.1) is 0 Å². The summed E-state index contributed by atoms with van der Waals surface area (Å²) >= 11 is 0. The highest BCUT2D eigenvalue weighted by Crippen LogP contribution is 2.19. The third kappa shape index (κ3) is 3.20. The Hall–Kier alpha value is -2.82. The maximum Gasteiger partial charge on any atom is 0.137 e. The number of hydrogen-bond acceptors (Lipinski definition) is 4. The molecule has 0 atom stereocenters. The van der Waals surface area contributed by atoms with E-state index in [0.717, 1.165) is 17.0 Å². The molecule has 5 nitrogen and oxygen atoms in total. The van der Waals surface area contributed by atoms with Crippen LogP contribution in [0.5, 0.6) is 11.5 Å². The van der Waals surface area contributed by atoms with Crippen LogP contribution >= 0.6 is 0 Å². The Labute approximate surface area is 122 Å². The molecule has 2 N–H and O–H groups in total. The number of para-hydroxylation sites is 1. The molecule has 1 aromatic carbocycles. The second-order valence-electron chi connectivity index (χ2n) is 4.58. The fraction of sp³-hybridized carbons (Fsp3) is 0.125. The SMILES string of the molecule is Oc1ccccc1CCOc1ccc(-c2ccn[nH]2)nc1. The molecule has 106 valence electrons. The highest BCUT2D eigenvalue weighted by Gasteiger charge is 2.03. The van der Waals surface area contributed by atoms with E-state index in [0.29, 0.717) is 24.5 Å². The Morgan fingerprint density at radius 1 is 1.10 bits per heavy atom. The number of hydrogen-bond donors (Lipinski definition) is 2. The fourth-order valence-electron chi connectivity index (χ4n) is 2.02. The van der Waals surface area contributed by atoms with E-state index in [1.54, 1.807) is 24.5 Å². The molecule has 5 heteroatoms. The number of pyridine rings is 1. The topological polar surface area (TPSA) is 71.0 Å². The first kappa shape index (κ1) is 13.2. The Morgan fingerprint density at radius 3 is 2.71 bits per heavy atom. The zero-order valence-electron chi connectivity index (χ0n) is 11.4. The van der Waals surface area contributed by atoms with Crippen LogP contribution in [0, 0.1) is 0 Å². The largest absolute Gasteiger partial charge is 0.508 e. The molecular weight excluding hydrogens is 266 g/mol. The van der Waals surface area contributed by atoms with Crippen LogP contribution in [0.15, 0.2) is 54.9 Å². The minimum Gasteiger partial charge on any atom is -0.508 e. The maximum atomic E-state index is 9.67. The number of rotatable bonds is 5. The van der Waals surface area contributed by atoms with Gasteiger partial charge in [-0.3, -0.25) is 10.1 Å². The van der Waals surface area contributed by atoms with Gasteiger partial charge in [0.05, 0.1) is 24.2 Å². The molecule has 0 fully saturated rings. The Morgan fingerprint density at radius 2 is 2.00 bits per heavy atom. The standard InChI is InChI=1S/C16H15N3O2/c20-16-4-2-1-3-12(16)8-10-21-13-5-6-14(17-11-13)15-7-9-18-19-15/h1-7,9,11,20H,8,10H2,(H,18,19). The summed E-state index contributed by atoms with van der Waals surface area (Å²) in [5, 5.41) is 16.4. The maximum absolute atomic E-state index is 9.67. The lowest BCUT2D eigenvalue weighted by Crippen LogP contribution is -2.01. The van der Waals surface area contributed by atoms with Gasteiger partial charge in [-0.25, -0.2) is 0 Å². The van der Waals surface area contributed by atoms with E-state index in [1.807, 2.05) is 30.3 Å². The van der Waals surface area contributed by atoms with Crippen LogP contribution in [0.4, 0.5) is 0 Å². The number of H-pyrrole nitrogens is 1. The number of nitrogens with zero attached hydrogens (tertiary/aromatic N) is 2. The third-order valence-corrected chi connectivity index (χ3v) is 3.14. The number of aromatic nitrogens is 3. The molecule has 0 aliphatic carbocycles. The molecule has 2 aromatic heterocycles. The molecule has 0 spiro atoms. The fourth-order valence-corrected chi connectivity index (χ4v) is 2.02. The summed E-state index contributed by atoms with van der Waals surface area (Å²) in [6, 6.07) is 12.9. The van der Waals surface area contributed by atoms with Crippen molar-refractivity contribution in [3.63, 3.8) is 0 Å². The first-order chi connectivity index (χ1) is 10.3. The van der Waals surface area contributed by atoms with E-state index >= 15 is 0 Å². The molecule has 0 unspecified atom stereocenters. The van der Waals surface area contributed by atoms with E-state index in [-0.39, 0.29) is 0 Å². The second-order valence-corrected chi connectivity index (χ2v) is 4.58. The van der Waals surface area contributed by atoms with Crippen molar-refractivity contribution in [1.29, 1.82) is 0 Å². The van der Waals surface area contributed by atoms with Gasteiger partial charge >= 0.3 is 0 Å². The monoisotopic (exact) mass is 281 g/mol. The number of aromatic hydroxyl groups is 1. The number of benzene rings is 1. The Kier molecular flexibility index (Phi) is 3.82. The molecule has 2 heterocycles. The van der Waals surface area contributed by atoms with E-state index < -0.39 is 0 Å². The van der Waals surface area contributed by atoms with Crippen LogP contribution in [0.3, 0.4) is 0 Å². The number of ether oxygens (including phenoxy) is 1. The average molecular weight is 281 g/mol. The van der Waals surface area contributed by atoms with Gasteiger partial charge in [-0.1, -0.05) is 18.2 Å². The van der Waals surface area contributed by atoms with Crippen molar-refractivity contribution in [2.45, 2.75) is 6.42 Å². The van der Waals surface area contributed by atoms with Crippen LogP contribution in [0.2, 0.25) is 0 Å². The van der Waals surface area contributed by atoms with Gasteiger partial charge in [-0.05, 0) is 29.8 Å². The van der Waals surface area contributed by atoms with Gasteiger partial charge in [0.15, 0.2) is 0 Å². The van der Waals surface area contributed by atoms with Crippen LogP contribution in [0.25, 0.3) is 11.4 Å². The molecule has 3 aromatic rings. The minimum atomic E-state index is 0.300. The van der Waals surface area contributed by atoms with E-state index in [1.165, 1.54) is 0 Å². The molecule has 0 aliphatic heterocycles. The van der Waals surface area contributed by atoms with Crippen LogP contribution in [-0.2, 0) is 6.42 Å². The van der Waals surface area contributed by atoms with Gasteiger partial charge in [0, 0.05) is 12.6 Å². The highest BCUT2D eigenvalue weighted by molar-refractivity contribution is 5.53. The van der Waals surface area contributed by atoms with Crippen LogP contribution in [-0.4, -0.2) is 26.9 Å². The lowest BCUT2D eigenvalue weighted by Gasteiger charge is -2.07. The number of phenolic OH excluding ortho intramolecular Hbond substituents is 1. The Bertz CT molecular complexity index is 694. The molecule has 3 rings (SSSR count). The quantitative estimate of drug-likeness (QED) is 0.754. The number of phenols is 1. The van der Waals surface area contributed by atoms with Gasteiger partial charge < -0.3 is 9.84 Å². The van der Waals surface area contributed by atoms with Crippen molar-refractivity contribution < 1.29 is 9.84 Å². The second kappa shape index (κ2) is 6.09. The van der Waals surface area contributed by atoms with Crippen molar-refractivity contribution in [3.8, 4) is 22.9 Å². The number of aromatic amines is 1. The summed E-state index contributed by atoms with van der Waals surface area (Å²) in [6.07, 6.45) is 4.02. The summed E-state index contributed by atoms with van der Waals surface area (Å²) in [6.45, 7) is 0.489. The predicted molar refractivity (Wildman–Crippen MR) is 79.1 cm³/mol. The van der Waals surface area contributed by atoms with Crippen molar-refractivity contribution in [2.24, 2.45) is 0 Å². The summed E-state index contributed by atoms with van der Waals surface area (Å²) < 4.78 is 5.64. The number of nitrogens with one attached hydrogen (secondary N) is 1. The molecule has 0 radical (unpaired) electrons. The third-order valence-electron chi connectivity index (χ3n) is 3.14. The predicted octanol–water partition coefficient (Wildman–Crippen LogP) is 2.80. The summed E-state index contributed by atoms with van der Waals surface area (Å²) in [5.74, 6) is 1.00. The molecule has 0 saturated carbocycles. The first-order valence-corrected chi connectivity index (χ1v) is 6.68. The summed E-state index contributed by atoms with van der Waals surface area (Å²) in [7, 11) is 0. The van der Waals surface area contributed by atoms with Crippen molar-refractivity contribution in [3.05, 3.63) is 60.4 Å². The minimum absolute atomic E-state index is 0.300. The lowest BCUT2D eigenvalue weighted by atomic mass is 10.1. The van der Waals surface area contributed by atoms with Gasteiger partial charge in [0.25, 0.3) is 0 Å². The van der Waals surface area contributed by atoms with E-state index in [9.17, 15) is 5.11 Å². The van der Waals surface area contributed by atoms with E-state index in [4.69, 9.17) is 4.74 Å². The zero-order valence-corrected chi connectivity index (χ0v) is 11.4. The summed E-state index contributed by atoms with van der Waals surface area (Å²) in [4.78, 5) is 4.32. The zero-order chi connectivity index (χ0) is 14.5. The molecule has 0 saturated heterocycles. The molecule has 0 amide bonds. The van der Waals surface area contributed by atoms with Gasteiger partial charge in [0.2, 0.25) is 0 Å². The smallest absolute Gasteiger partial charge is 0.137 e. The van der Waals surface area contributed by atoms with Crippen molar-refractivity contribution in [1.82, 2.24) is 15.2 Å².